The van der Waals surface area contributed by atoms with Crippen LogP contribution in [0.5, 0.6) is 0 Å². The zero-order valence-corrected chi connectivity index (χ0v) is 12.9. The lowest BCUT2D eigenvalue weighted by Crippen LogP contribution is -2.51. The molecule has 2 saturated heterocycles. The van der Waals surface area contributed by atoms with Crippen molar-refractivity contribution < 1.29 is 9.53 Å². The summed E-state index contributed by atoms with van der Waals surface area (Å²) in [4.78, 5) is 12.2. The lowest BCUT2D eigenvalue weighted by atomic mass is 9.64. The monoisotopic (exact) mass is 300 g/mol. The summed E-state index contributed by atoms with van der Waals surface area (Å²) in [5, 5.41) is 6.21. The van der Waals surface area contributed by atoms with Crippen molar-refractivity contribution in [2.45, 2.75) is 62.2 Å². The molecule has 0 aromatic heterocycles. The van der Waals surface area contributed by atoms with Gasteiger partial charge in [0.2, 0.25) is 0 Å². The second-order valence-corrected chi connectivity index (χ2v) is 7.04. The molecular weight excluding hydrogens is 276 g/mol. The van der Waals surface area contributed by atoms with Crippen molar-refractivity contribution >= 4 is 6.03 Å². The number of ether oxygens (including phenoxy) is 1. The van der Waals surface area contributed by atoms with Crippen molar-refractivity contribution in [3.63, 3.8) is 0 Å². The minimum absolute atomic E-state index is 0.0386. The third kappa shape index (κ3) is 2.50. The number of carbonyl (C=O) groups excluding carboxylic acids is 1. The average Bonchev–Trinajstić information content (AvgIpc) is 3.10. The normalized spacial score (nSPS) is 31.5. The number of nitrogens with one attached hydrogen (secondary N) is 2. The van der Waals surface area contributed by atoms with E-state index in [9.17, 15) is 4.79 Å². The Balaban J connectivity index is 1.33. The summed E-state index contributed by atoms with van der Waals surface area (Å²) in [5.74, 6) is 0. The van der Waals surface area contributed by atoms with Gasteiger partial charge in [0.1, 0.15) is 0 Å². The fourth-order valence-corrected chi connectivity index (χ4v) is 4.22. The second-order valence-electron chi connectivity index (χ2n) is 7.04. The minimum Gasteiger partial charge on any atom is -0.373 e. The molecule has 22 heavy (non-hydrogen) atoms. The van der Waals surface area contributed by atoms with Gasteiger partial charge < -0.3 is 15.4 Å². The molecule has 1 aromatic carbocycles. The fraction of sp³-hybridized carbons (Fsp3) is 0.611. The van der Waals surface area contributed by atoms with Gasteiger partial charge in [-0.2, -0.15) is 0 Å². The Morgan fingerprint density at radius 1 is 1.23 bits per heavy atom. The molecule has 4 rings (SSSR count). The van der Waals surface area contributed by atoms with E-state index < -0.39 is 0 Å². The highest BCUT2D eigenvalue weighted by Gasteiger charge is 2.42. The van der Waals surface area contributed by atoms with Crippen LogP contribution < -0.4 is 10.6 Å². The van der Waals surface area contributed by atoms with Gasteiger partial charge in [-0.25, -0.2) is 4.79 Å². The van der Waals surface area contributed by atoms with Gasteiger partial charge in [0.25, 0.3) is 0 Å². The van der Waals surface area contributed by atoms with Crippen molar-refractivity contribution in [2.75, 3.05) is 6.54 Å². The third-order valence-electron chi connectivity index (χ3n) is 5.71. The SMILES string of the molecule is O=C(NCC1(c2ccccc2)CCC1)N[C@@H]1C[C@H]2CC[C@H]1O2. The molecule has 2 N–H and O–H groups in total. The number of urea groups is 1. The quantitative estimate of drug-likeness (QED) is 0.898. The molecule has 3 atom stereocenters. The first-order valence-corrected chi connectivity index (χ1v) is 8.51. The number of carbonyl (C=O) groups is 1. The summed E-state index contributed by atoms with van der Waals surface area (Å²) in [6.07, 6.45) is 7.40. The Labute approximate surface area is 131 Å². The van der Waals surface area contributed by atoms with Crippen molar-refractivity contribution in [3.8, 4) is 0 Å². The van der Waals surface area contributed by atoms with Crippen LogP contribution in [0.4, 0.5) is 4.79 Å². The summed E-state index contributed by atoms with van der Waals surface area (Å²) in [6.45, 7) is 0.727. The van der Waals surface area contributed by atoms with E-state index in [1.807, 2.05) is 6.07 Å². The maximum absolute atomic E-state index is 12.2. The van der Waals surface area contributed by atoms with Crippen LogP contribution in [-0.2, 0) is 10.2 Å². The van der Waals surface area contributed by atoms with E-state index in [1.165, 1.54) is 12.0 Å². The molecule has 4 heteroatoms. The van der Waals surface area contributed by atoms with E-state index in [-0.39, 0.29) is 23.6 Å². The number of hydrogen-bond donors (Lipinski definition) is 2. The molecular formula is C18H24N2O2. The molecule has 2 amide bonds. The van der Waals surface area contributed by atoms with Crippen LogP contribution in [0, 0.1) is 0 Å². The number of fused-ring (bicyclic) bond motifs is 2. The Morgan fingerprint density at radius 2 is 2.05 bits per heavy atom. The molecule has 3 aliphatic rings. The average molecular weight is 300 g/mol. The first kappa shape index (κ1) is 14.1. The van der Waals surface area contributed by atoms with Gasteiger partial charge in [0.15, 0.2) is 0 Å². The Hall–Kier alpha value is -1.55. The summed E-state index contributed by atoms with van der Waals surface area (Å²) < 4.78 is 5.79. The lowest BCUT2D eigenvalue weighted by molar-refractivity contribution is 0.0980. The van der Waals surface area contributed by atoms with E-state index >= 15 is 0 Å². The molecule has 2 bridgehead atoms. The first-order chi connectivity index (χ1) is 10.8. The maximum atomic E-state index is 12.2. The highest BCUT2D eigenvalue weighted by molar-refractivity contribution is 5.74. The van der Waals surface area contributed by atoms with Crippen molar-refractivity contribution in [3.05, 3.63) is 35.9 Å². The van der Waals surface area contributed by atoms with Crippen LogP contribution in [-0.4, -0.2) is 30.8 Å². The molecule has 3 fully saturated rings. The molecule has 0 unspecified atom stereocenters. The zero-order chi connectivity index (χ0) is 15.0. The van der Waals surface area contributed by atoms with Gasteiger partial charge in [-0.05, 0) is 37.7 Å². The highest BCUT2D eigenvalue weighted by Crippen LogP contribution is 2.43. The summed E-state index contributed by atoms with van der Waals surface area (Å²) >= 11 is 0. The molecule has 118 valence electrons. The van der Waals surface area contributed by atoms with Gasteiger partial charge in [0.05, 0.1) is 18.2 Å². The largest absolute Gasteiger partial charge is 0.373 e. The number of amides is 2. The van der Waals surface area contributed by atoms with Crippen LogP contribution >= 0.6 is 0 Å². The molecule has 1 saturated carbocycles. The number of rotatable bonds is 4. The van der Waals surface area contributed by atoms with Gasteiger partial charge in [-0.1, -0.05) is 36.8 Å². The molecule has 0 radical (unpaired) electrons. The standard InChI is InChI=1S/C18H24N2O2/c21-17(20-15-11-14-7-8-16(15)22-14)19-12-18(9-4-10-18)13-5-2-1-3-6-13/h1-3,5-6,14-16H,4,7-12H2,(H2,19,20,21)/t14-,15-,16-/m1/s1. The third-order valence-corrected chi connectivity index (χ3v) is 5.71. The summed E-state index contributed by atoms with van der Waals surface area (Å²) in [5.41, 5.74) is 1.49. The summed E-state index contributed by atoms with van der Waals surface area (Å²) in [7, 11) is 0. The molecule has 2 heterocycles. The molecule has 1 aromatic rings. The molecule has 4 nitrogen and oxygen atoms in total. The van der Waals surface area contributed by atoms with E-state index in [1.54, 1.807) is 0 Å². The number of benzene rings is 1. The lowest BCUT2D eigenvalue weighted by Gasteiger charge is -2.42. The minimum atomic E-state index is -0.0386. The van der Waals surface area contributed by atoms with Gasteiger partial charge in [0, 0.05) is 12.0 Å². The van der Waals surface area contributed by atoms with E-state index in [4.69, 9.17) is 4.74 Å². The Morgan fingerprint density at radius 3 is 2.64 bits per heavy atom. The van der Waals surface area contributed by atoms with Gasteiger partial charge in [-0.15, -0.1) is 0 Å². The van der Waals surface area contributed by atoms with Crippen molar-refractivity contribution in [1.29, 1.82) is 0 Å². The number of hydrogen-bond acceptors (Lipinski definition) is 2. The van der Waals surface area contributed by atoms with E-state index in [0.29, 0.717) is 6.10 Å². The summed E-state index contributed by atoms with van der Waals surface area (Å²) in [6, 6.07) is 10.7. The second kappa shape index (κ2) is 5.58. The fourth-order valence-electron chi connectivity index (χ4n) is 4.22. The van der Waals surface area contributed by atoms with Crippen LogP contribution in [0.2, 0.25) is 0 Å². The topological polar surface area (TPSA) is 50.4 Å². The van der Waals surface area contributed by atoms with E-state index in [2.05, 4.69) is 34.9 Å². The Kier molecular flexibility index (Phi) is 3.57. The first-order valence-electron chi connectivity index (χ1n) is 8.51. The van der Waals surface area contributed by atoms with Crippen LogP contribution in [0.1, 0.15) is 44.1 Å². The van der Waals surface area contributed by atoms with E-state index in [0.717, 1.165) is 38.6 Å². The smallest absolute Gasteiger partial charge is 0.315 e. The Bertz CT molecular complexity index is 541. The predicted molar refractivity (Wildman–Crippen MR) is 84.8 cm³/mol. The molecule has 1 aliphatic carbocycles. The van der Waals surface area contributed by atoms with Gasteiger partial charge >= 0.3 is 6.03 Å². The van der Waals surface area contributed by atoms with Gasteiger partial charge in [-0.3, -0.25) is 0 Å². The van der Waals surface area contributed by atoms with Crippen LogP contribution in [0.15, 0.2) is 30.3 Å². The molecule has 2 aliphatic heterocycles. The van der Waals surface area contributed by atoms with Crippen molar-refractivity contribution in [1.82, 2.24) is 10.6 Å². The maximum Gasteiger partial charge on any atom is 0.315 e. The predicted octanol–water partition coefficient (Wildman–Crippen LogP) is 2.73. The highest BCUT2D eigenvalue weighted by atomic mass is 16.5. The van der Waals surface area contributed by atoms with Crippen LogP contribution in [0.25, 0.3) is 0 Å². The van der Waals surface area contributed by atoms with Crippen LogP contribution in [0.3, 0.4) is 0 Å². The molecule has 0 spiro atoms. The van der Waals surface area contributed by atoms with Crippen molar-refractivity contribution in [2.24, 2.45) is 0 Å². The zero-order valence-electron chi connectivity index (χ0n) is 12.9.